The Morgan fingerprint density at radius 1 is 0.880 bits per heavy atom. The highest BCUT2D eigenvalue weighted by Gasteiger charge is 2.24. The molecule has 0 saturated carbocycles. The summed E-state index contributed by atoms with van der Waals surface area (Å²) in [5.41, 5.74) is 4.56. The molecule has 1 aliphatic heterocycles. The van der Waals surface area contributed by atoms with Crippen LogP contribution in [0.4, 0.5) is 5.69 Å². The summed E-state index contributed by atoms with van der Waals surface area (Å²) >= 11 is 1.86. The highest BCUT2D eigenvalue weighted by atomic mass is 32.2. The molecule has 3 heteroatoms. The molecule has 0 saturated heterocycles. The van der Waals surface area contributed by atoms with Gasteiger partial charge in [-0.15, -0.1) is 11.8 Å². The predicted molar refractivity (Wildman–Crippen MR) is 105 cm³/mol. The van der Waals surface area contributed by atoms with E-state index in [-0.39, 0.29) is 5.25 Å². The summed E-state index contributed by atoms with van der Waals surface area (Å²) in [4.78, 5) is 6.21. The third-order valence-corrected chi connectivity index (χ3v) is 5.67. The Kier molecular flexibility index (Phi) is 4.57. The number of nitrogens with zero attached hydrogens (tertiary/aromatic N) is 1. The van der Waals surface area contributed by atoms with Crippen LogP contribution >= 0.6 is 11.8 Å². The van der Waals surface area contributed by atoms with Crippen LogP contribution in [-0.2, 0) is 0 Å². The monoisotopic (exact) mass is 345 g/mol. The molecule has 0 aromatic heterocycles. The molecule has 124 valence electrons. The summed E-state index contributed by atoms with van der Waals surface area (Å²) in [5.74, 6) is 0.937. The molecule has 0 bridgehead atoms. The molecule has 0 amide bonds. The molecule has 4 rings (SSSR count). The van der Waals surface area contributed by atoms with Gasteiger partial charge in [-0.3, -0.25) is 4.99 Å². The van der Waals surface area contributed by atoms with Crippen molar-refractivity contribution in [3.8, 4) is 5.75 Å². The molecule has 3 aromatic rings. The van der Waals surface area contributed by atoms with Crippen molar-refractivity contribution in [2.45, 2.75) is 16.6 Å². The van der Waals surface area contributed by atoms with Gasteiger partial charge >= 0.3 is 0 Å². The van der Waals surface area contributed by atoms with Gasteiger partial charge < -0.3 is 4.74 Å². The van der Waals surface area contributed by atoms with Gasteiger partial charge in [0.25, 0.3) is 0 Å². The first-order chi connectivity index (χ1) is 12.3. The Hall–Kier alpha value is -2.52. The van der Waals surface area contributed by atoms with Crippen LogP contribution in [0, 0.1) is 0 Å². The summed E-state index contributed by atoms with van der Waals surface area (Å²) in [6.07, 6.45) is 0.865. The third-order valence-electron chi connectivity index (χ3n) is 4.36. The number of thioether (sulfide) groups is 1. The number of ether oxygens (including phenoxy) is 1. The van der Waals surface area contributed by atoms with E-state index in [1.807, 2.05) is 30.0 Å². The number of rotatable bonds is 3. The van der Waals surface area contributed by atoms with E-state index >= 15 is 0 Å². The maximum Gasteiger partial charge on any atom is 0.123 e. The second kappa shape index (κ2) is 7.16. The summed E-state index contributed by atoms with van der Waals surface area (Å²) in [5, 5.41) is 0.263. The first-order valence-electron chi connectivity index (χ1n) is 8.37. The van der Waals surface area contributed by atoms with Crippen molar-refractivity contribution in [3.63, 3.8) is 0 Å². The second-order valence-electron chi connectivity index (χ2n) is 5.94. The zero-order chi connectivity index (χ0) is 17.1. The molecule has 0 radical (unpaired) electrons. The first-order valence-corrected chi connectivity index (χ1v) is 9.24. The molecular weight excluding hydrogens is 326 g/mol. The van der Waals surface area contributed by atoms with Gasteiger partial charge in [0.15, 0.2) is 0 Å². The number of para-hydroxylation sites is 2. The van der Waals surface area contributed by atoms with Crippen LogP contribution in [0.2, 0.25) is 0 Å². The highest BCUT2D eigenvalue weighted by Crippen LogP contribution is 2.47. The Morgan fingerprint density at radius 2 is 1.60 bits per heavy atom. The molecule has 1 heterocycles. The van der Waals surface area contributed by atoms with Gasteiger partial charge in [0.1, 0.15) is 5.75 Å². The standard InChI is InChI=1S/C22H19NOS/c1-24-20-13-7-5-11-17(20)22-15-19(16-9-3-2-4-10-16)23-18-12-6-8-14-21(18)25-22/h2-14,22H,15H2,1H3/t22-/m1/s1. The Balaban J connectivity index is 1.82. The average molecular weight is 345 g/mol. The van der Waals surface area contributed by atoms with Crippen LogP contribution in [0.1, 0.15) is 22.8 Å². The minimum absolute atomic E-state index is 0.263. The van der Waals surface area contributed by atoms with Crippen molar-refractivity contribution >= 4 is 23.2 Å². The largest absolute Gasteiger partial charge is 0.496 e. The molecule has 1 atom stereocenters. The topological polar surface area (TPSA) is 21.6 Å². The molecule has 0 spiro atoms. The maximum atomic E-state index is 5.62. The minimum Gasteiger partial charge on any atom is -0.496 e. The SMILES string of the molecule is COc1ccccc1[C@H]1CC(c2ccccc2)=Nc2ccccc2S1. The molecule has 0 fully saturated rings. The number of hydrogen-bond acceptors (Lipinski definition) is 3. The summed E-state index contributed by atoms with van der Waals surface area (Å²) in [7, 11) is 1.74. The normalized spacial score (nSPS) is 16.5. The molecule has 2 nitrogen and oxygen atoms in total. The van der Waals surface area contributed by atoms with Crippen molar-refractivity contribution in [1.82, 2.24) is 0 Å². The Labute approximate surface area is 152 Å². The van der Waals surface area contributed by atoms with Crippen LogP contribution in [-0.4, -0.2) is 12.8 Å². The van der Waals surface area contributed by atoms with E-state index in [4.69, 9.17) is 9.73 Å². The molecule has 1 aliphatic rings. The van der Waals surface area contributed by atoms with Gasteiger partial charge in [0.2, 0.25) is 0 Å². The zero-order valence-corrected chi connectivity index (χ0v) is 14.9. The van der Waals surface area contributed by atoms with Gasteiger partial charge in [0.05, 0.1) is 12.8 Å². The lowest BCUT2D eigenvalue weighted by Crippen LogP contribution is -2.06. The summed E-state index contributed by atoms with van der Waals surface area (Å²) in [6, 6.07) is 27.1. The number of methoxy groups -OCH3 is 1. The van der Waals surface area contributed by atoms with E-state index in [0.717, 1.165) is 23.6 Å². The Bertz CT molecular complexity index is 905. The summed E-state index contributed by atoms with van der Waals surface area (Å²) < 4.78 is 5.62. The van der Waals surface area contributed by atoms with Crippen LogP contribution in [0.15, 0.2) is 88.8 Å². The van der Waals surface area contributed by atoms with Crippen molar-refractivity contribution in [1.29, 1.82) is 0 Å². The van der Waals surface area contributed by atoms with Crippen molar-refractivity contribution in [2.75, 3.05) is 7.11 Å². The van der Waals surface area contributed by atoms with Gasteiger partial charge in [-0.05, 0) is 23.8 Å². The van der Waals surface area contributed by atoms with E-state index < -0.39 is 0 Å². The molecule has 25 heavy (non-hydrogen) atoms. The number of fused-ring (bicyclic) bond motifs is 1. The van der Waals surface area contributed by atoms with Crippen LogP contribution < -0.4 is 4.74 Å². The van der Waals surface area contributed by atoms with Crippen LogP contribution in [0.5, 0.6) is 5.75 Å². The number of benzene rings is 3. The quantitative estimate of drug-likeness (QED) is 0.576. The van der Waals surface area contributed by atoms with Gasteiger partial charge in [-0.25, -0.2) is 0 Å². The Morgan fingerprint density at radius 3 is 2.44 bits per heavy atom. The molecule has 0 aliphatic carbocycles. The van der Waals surface area contributed by atoms with Crippen LogP contribution in [0.25, 0.3) is 0 Å². The average Bonchev–Trinajstić information content (AvgIpc) is 2.88. The van der Waals surface area contributed by atoms with Crippen LogP contribution in [0.3, 0.4) is 0 Å². The lowest BCUT2D eigenvalue weighted by Gasteiger charge is -2.18. The number of aliphatic imine (C=N–C) groups is 1. The van der Waals surface area contributed by atoms with Crippen molar-refractivity contribution < 1.29 is 4.74 Å². The zero-order valence-electron chi connectivity index (χ0n) is 14.1. The minimum atomic E-state index is 0.263. The fourth-order valence-corrected chi connectivity index (χ4v) is 4.39. The fraction of sp³-hybridized carbons (Fsp3) is 0.136. The van der Waals surface area contributed by atoms with Gasteiger partial charge in [-0.1, -0.05) is 60.7 Å². The van der Waals surface area contributed by atoms with E-state index in [9.17, 15) is 0 Å². The lowest BCUT2D eigenvalue weighted by atomic mass is 10.0. The second-order valence-corrected chi connectivity index (χ2v) is 7.19. The molecule has 3 aromatic carbocycles. The number of hydrogen-bond donors (Lipinski definition) is 0. The molecule has 0 N–H and O–H groups in total. The van der Waals surface area contributed by atoms with E-state index in [1.165, 1.54) is 16.0 Å². The predicted octanol–water partition coefficient (Wildman–Crippen LogP) is 6.05. The third kappa shape index (κ3) is 3.33. The van der Waals surface area contributed by atoms with E-state index in [2.05, 4.69) is 60.7 Å². The molecule has 0 unspecified atom stereocenters. The van der Waals surface area contributed by atoms with E-state index in [0.29, 0.717) is 0 Å². The summed E-state index contributed by atoms with van der Waals surface area (Å²) in [6.45, 7) is 0. The highest BCUT2D eigenvalue weighted by molar-refractivity contribution is 7.99. The fourth-order valence-electron chi connectivity index (χ4n) is 3.13. The first kappa shape index (κ1) is 16.0. The maximum absolute atomic E-state index is 5.62. The van der Waals surface area contributed by atoms with E-state index in [1.54, 1.807) is 7.11 Å². The van der Waals surface area contributed by atoms with Crippen molar-refractivity contribution in [3.05, 3.63) is 90.0 Å². The molecular formula is C22H19NOS. The van der Waals surface area contributed by atoms with Gasteiger partial charge in [-0.2, -0.15) is 0 Å². The lowest BCUT2D eigenvalue weighted by molar-refractivity contribution is 0.409. The smallest absolute Gasteiger partial charge is 0.123 e. The van der Waals surface area contributed by atoms with Gasteiger partial charge in [0, 0.05) is 27.8 Å². The van der Waals surface area contributed by atoms with Crippen molar-refractivity contribution in [2.24, 2.45) is 4.99 Å².